The van der Waals surface area contributed by atoms with Crippen LogP contribution in [0.3, 0.4) is 0 Å². The molecule has 32 heavy (non-hydrogen) atoms. The number of nitrogens with one attached hydrogen (secondary N) is 1. The van der Waals surface area contributed by atoms with E-state index in [0.29, 0.717) is 11.5 Å². The molecule has 1 aromatic heterocycles. The molecule has 0 aliphatic heterocycles. The minimum Gasteiger partial charge on any atom is -0.340 e. The van der Waals surface area contributed by atoms with E-state index in [1.165, 1.54) is 44.0 Å². The van der Waals surface area contributed by atoms with Gasteiger partial charge in [0, 0.05) is 17.5 Å². The second-order valence-electron chi connectivity index (χ2n) is 7.88. The summed E-state index contributed by atoms with van der Waals surface area (Å²) < 4.78 is 25.5. The number of benzene rings is 2. The van der Waals surface area contributed by atoms with Gasteiger partial charge in [-0.25, -0.2) is 8.42 Å². The fourth-order valence-electron chi connectivity index (χ4n) is 3.33. The van der Waals surface area contributed by atoms with E-state index >= 15 is 0 Å². The highest BCUT2D eigenvalue weighted by molar-refractivity contribution is 7.89. The van der Waals surface area contributed by atoms with E-state index in [0.717, 1.165) is 21.3 Å². The molecule has 0 radical (unpaired) electrons. The zero-order valence-corrected chi connectivity index (χ0v) is 20.2. The Morgan fingerprint density at radius 2 is 1.72 bits per heavy atom. The third kappa shape index (κ3) is 5.63. The van der Waals surface area contributed by atoms with E-state index in [-0.39, 0.29) is 16.8 Å². The number of rotatable bonds is 9. The van der Waals surface area contributed by atoms with E-state index in [4.69, 9.17) is 4.84 Å². The summed E-state index contributed by atoms with van der Waals surface area (Å²) in [5, 5.41) is 5.07. The summed E-state index contributed by atoms with van der Waals surface area (Å²) in [6.45, 7) is 4.37. The Balaban J connectivity index is 1.82. The predicted octanol–water partition coefficient (Wildman–Crippen LogP) is 4.65. The number of carbonyl (C=O) groups is 1. The van der Waals surface area contributed by atoms with Crippen LogP contribution in [0.25, 0.3) is 0 Å². The van der Waals surface area contributed by atoms with Crippen molar-refractivity contribution in [3.63, 3.8) is 0 Å². The minimum atomic E-state index is -3.76. The smallest absolute Gasteiger partial charge is 0.264 e. The fourth-order valence-corrected chi connectivity index (χ4v) is 5.11. The summed E-state index contributed by atoms with van der Waals surface area (Å²) in [6.07, 6.45) is 1.00. The van der Waals surface area contributed by atoms with Crippen molar-refractivity contribution in [2.75, 3.05) is 14.2 Å². The second-order valence-corrected chi connectivity index (χ2v) is 10.8. The molecule has 0 saturated heterocycles. The van der Waals surface area contributed by atoms with Crippen LogP contribution in [0.15, 0.2) is 70.9 Å². The Labute approximate surface area is 193 Å². The van der Waals surface area contributed by atoms with E-state index in [1.807, 2.05) is 17.5 Å². The van der Waals surface area contributed by atoms with Crippen molar-refractivity contribution in [3.8, 4) is 0 Å². The van der Waals surface area contributed by atoms with Gasteiger partial charge in [-0.15, -0.1) is 11.3 Å². The average Bonchev–Trinajstić information content (AvgIpc) is 3.31. The average molecular weight is 473 g/mol. The lowest BCUT2D eigenvalue weighted by Crippen LogP contribution is -2.29. The van der Waals surface area contributed by atoms with Crippen LogP contribution in [0.5, 0.6) is 0 Å². The molecule has 0 aliphatic rings. The Bertz CT molecular complexity index is 1120. The first-order valence-electron chi connectivity index (χ1n) is 10.3. The van der Waals surface area contributed by atoms with Gasteiger partial charge in [-0.3, -0.25) is 9.63 Å². The number of hydrogen-bond acceptors (Lipinski definition) is 5. The molecular weight excluding hydrogens is 444 g/mol. The maximum atomic E-state index is 13.0. The Kier molecular flexibility index (Phi) is 7.84. The topological polar surface area (TPSA) is 75.7 Å². The maximum absolute atomic E-state index is 13.0. The highest BCUT2D eigenvalue weighted by Crippen LogP contribution is 2.27. The third-order valence-corrected chi connectivity index (χ3v) is 7.70. The van der Waals surface area contributed by atoms with Crippen molar-refractivity contribution in [2.24, 2.45) is 5.92 Å². The number of hydrogen-bond donors (Lipinski definition) is 1. The van der Waals surface area contributed by atoms with Crippen LogP contribution < -0.4 is 5.32 Å². The van der Waals surface area contributed by atoms with Gasteiger partial charge >= 0.3 is 0 Å². The number of carbonyl (C=O) groups excluding carboxylic acids is 1. The monoisotopic (exact) mass is 472 g/mol. The first-order chi connectivity index (χ1) is 15.2. The molecular formula is C24H28N2O4S2. The van der Waals surface area contributed by atoms with Gasteiger partial charge in [-0.05, 0) is 59.2 Å². The van der Waals surface area contributed by atoms with Gasteiger partial charge in [0.15, 0.2) is 0 Å². The Hall–Kier alpha value is -2.52. The van der Waals surface area contributed by atoms with Gasteiger partial charge in [0.1, 0.15) is 0 Å². The van der Waals surface area contributed by atoms with E-state index < -0.39 is 10.0 Å². The summed E-state index contributed by atoms with van der Waals surface area (Å²) in [6, 6.07) is 17.8. The molecule has 3 rings (SSSR count). The lowest BCUT2D eigenvalue weighted by molar-refractivity contribution is -0.0258. The summed E-state index contributed by atoms with van der Waals surface area (Å²) in [5.41, 5.74) is 2.63. The normalized spacial score (nSPS) is 12.8. The van der Waals surface area contributed by atoms with Crippen molar-refractivity contribution < 1.29 is 18.0 Å². The Morgan fingerprint density at radius 3 is 2.25 bits per heavy atom. The second kappa shape index (κ2) is 10.4. The molecule has 170 valence electrons. The molecule has 2 aromatic carbocycles. The van der Waals surface area contributed by atoms with Gasteiger partial charge in [0.2, 0.25) is 0 Å². The molecule has 8 heteroatoms. The molecule has 0 aliphatic carbocycles. The molecule has 3 aromatic rings. The van der Waals surface area contributed by atoms with Gasteiger partial charge in [0.05, 0.1) is 18.0 Å². The zero-order valence-electron chi connectivity index (χ0n) is 18.6. The van der Waals surface area contributed by atoms with Crippen LogP contribution in [0, 0.1) is 5.92 Å². The van der Waals surface area contributed by atoms with Gasteiger partial charge in [-0.1, -0.05) is 48.6 Å². The number of amides is 1. The standard InChI is InChI=1S/C24H28N2O4S2/c1-17(2)16-18-7-9-19(10-8-18)23(22-6-5-15-31-22)25-24(27)20-11-13-21(14-12-20)32(28,29)26(3)30-4/h5-15,17,23H,16H2,1-4H3,(H,25,27). The summed E-state index contributed by atoms with van der Waals surface area (Å²) >= 11 is 1.58. The Morgan fingerprint density at radius 1 is 1.06 bits per heavy atom. The minimum absolute atomic E-state index is 0.0500. The largest absolute Gasteiger partial charge is 0.340 e. The highest BCUT2D eigenvalue weighted by Gasteiger charge is 2.22. The van der Waals surface area contributed by atoms with Crippen molar-refractivity contribution in [1.82, 2.24) is 9.79 Å². The number of sulfonamides is 1. The number of hydroxylamine groups is 1. The molecule has 1 unspecified atom stereocenters. The van der Waals surface area contributed by atoms with Gasteiger partial charge in [0.25, 0.3) is 15.9 Å². The first-order valence-corrected chi connectivity index (χ1v) is 12.6. The van der Waals surface area contributed by atoms with Crippen LogP contribution in [0.4, 0.5) is 0 Å². The molecule has 1 heterocycles. The predicted molar refractivity (Wildman–Crippen MR) is 127 cm³/mol. The van der Waals surface area contributed by atoms with Crippen LogP contribution in [-0.4, -0.2) is 33.0 Å². The highest BCUT2D eigenvalue weighted by atomic mass is 32.2. The van der Waals surface area contributed by atoms with Crippen molar-refractivity contribution in [3.05, 3.63) is 87.6 Å². The summed E-state index contributed by atoms with van der Waals surface area (Å²) in [7, 11) is -1.17. The van der Waals surface area contributed by atoms with Crippen LogP contribution >= 0.6 is 11.3 Å². The lowest BCUT2D eigenvalue weighted by atomic mass is 9.98. The van der Waals surface area contributed by atoms with Crippen LogP contribution in [0.1, 0.15) is 46.3 Å². The first kappa shape index (κ1) is 24.1. The molecule has 6 nitrogen and oxygen atoms in total. The lowest BCUT2D eigenvalue weighted by Gasteiger charge is -2.19. The fraction of sp³-hybridized carbons (Fsp3) is 0.292. The van der Waals surface area contributed by atoms with E-state index in [1.54, 1.807) is 11.3 Å². The number of nitrogens with zero attached hydrogens (tertiary/aromatic N) is 1. The molecule has 0 bridgehead atoms. The van der Waals surface area contributed by atoms with Gasteiger partial charge < -0.3 is 5.32 Å². The molecule has 0 saturated carbocycles. The van der Waals surface area contributed by atoms with Crippen molar-refractivity contribution in [2.45, 2.75) is 31.2 Å². The number of thiophene rings is 1. The molecule has 0 fully saturated rings. The van der Waals surface area contributed by atoms with E-state index in [2.05, 4.69) is 43.4 Å². The van der Waals surface area contributed by atoms with Crippen LogP contribution in [-0.2, 0) is 21.3 Å². The molecule has 1 N–H and O–H groups in total. The summed E-state index contributed by atoms with van der Waals surface area (Å²) in [5.74, 6) is 0.294. The zero-order chi connectivity index (χ0) is 23.3. The molecule has 1 amide bonds. The van der Waals surface area contributed by atoms with Crippen molar-refractivity contribution >= 4 is 27.3 Å². The third-order valence-electron chi connectivity index (χ3n) is 5.07. The molecule has 0 spiro atoms. The SMILES string of the molecule is CON(C)S(=O)(=O)c1ccc(C(=O)NC(c2ccc(CC(C)C)cc2)c2cccs2)cc1. The van der Waals surface area contributed by atoms with Crippen LogP contribution in [0.2, 0.25) is 0 Å². The maximum Gasteiger partial charge on any atom is 0.264 e. The van der Waals surface area contributed by atoms with Crippen molar-refractivity contribution in [1.29, 1.82) is 0 Å². The summed E-state index contributed by atoms with van der Waals surface area (Å²) in [4.78, 5) is 18.9. The van der Waals surface area contributed by atoms with Gasteiger partial charge in [-0.2, -0.15) is 0 Å². The quantitative estimate of drug-likeness (QED) is 0.460. The molecule has 1 atom stereocenters. The van der Waals surface area contributed by atoms with E-state index in [9.17, 15) is 13.2 Å².